The molecule has 9 aromatic rings. The van der Waals surface area contributed by atoms with Gasteiger partial charge in [0.25, 0.3) is 0 Å². The summed E-state index contributed by atoms with van der Waals surface area (Å²) in [5, 5.41) is 5.04. The first-order chi connectivity index (χ1) is 21.8. The normalized spacial score (nSPS) is 11.6. The number of nitrogens with zero attached hydrogens (tertiary/aromatic N) is 2. The molecule has 2 aromatic heterocycles. The van der Waals surface area contributed by atoms with Crippen LogP contribution in [-0.2, 0) is 0 Å². The van der Waals surface area contributed by atoms with Crippen LogP contribution < -0.4 is 0 Å². The zero-order valence-corrected chi connectivity index (χ0v) is 24.1. The molecule has 0 fully saturated rings. The Hall–Kier alpha value is -5.86. The molecule has 7 aromatic carbocycles. The first-order valence-electron chi connectivity index (χ1n) is 15.1. The van der Waals surface area contributed by atoms with Crippen LogP contribution >= 0.6 is 0 Å². The van der Waals surface area contributed by atoms with Gasteiger partial charge in [0.1, 0.15) is 0 Å². The van der Waals surface area contributed by atoms with E-state index in [1.54, 1.807) is 0 Å². The largest absolute Gasteiger partial charge is 0.309 e. The number of hydrogen-bond acceptors (Lipinski definition) is 0. The van der Waals surface area contributed by atoms with Crippen molar-refractivity contribution in [2.45, 2.75) is 0 Å². The molecule has 0 spiro atoms. The molecule has 44 heavy (non-hydrogen) atoms. The molecule has 0 aliphatic carbocycles. The molecule has 9 rings (SSSR count). The quantitative estimate of drug-likeness (QED) is 0.203. The highest BCUT2D eigenvalue weighted by atomic mass is 15.0. The molecule has 2 heteroatoms. The van der Waals surface area contributed by atoms with Gasteiger partial charge in [-0.25, -0.2) is 0 Å². The van der Waals surface area contributed by atoms with Crippen LogP contribution in [0.3, 0.4) is 0 Å². The van der Waals surface area contributed by atoms with E-state index < -0.39 is 0 Å². The third-order valence-electron chi connectivity index (χ3n) is 8.91. The fourth-order valence-electron chi connectivity index (χ4n) is 6.97. The SMILES string of the molecule is c1ccc(-c2cccc(-n3c4ccccc4c4ccc(-c5cccc6c7ccccc7n(-c7ccccc7)c56)cc43)c2)cc1. The number of para-hydroxylation sites is 4. The van der Waals surface area contributed by atoms with Gasteiger partial charge in [-0.2, -0.15) is 0 Å². The van der Waals surface area contributed by atoms with Crippen molar-refractivity contribution in [2.75, 3.05) is 0 Å². The molecule has 0 bridgehead atoms. The monoisotopic (exact) mass is 560 g/mol. The van der Waals surface area contributed by atoms with Crippen molar-refractivity contribution in [3.63, 3.8) is 0 Å². The fraction of sp³-hybridized carbons (Fsp3) is 0. The summed E-state index contributed by atoms with van der Waals surface area (Å²) in [6.45, 7) is 0. The summed E-state index contributed by atoms with van der Waals surface area (Å²) in [6, 6.07) is 61.4. The lowest BCUT2D eigenvalue weighted by molar-refractivity contribution is 1.18. The fourth-order valence-corrected chi connectivity index (χ4v) is 6.97. The Bertz CT molecular complexity index is 2480. The topological polar surface area (TPSA) is 9.86 Å². The Balaban J connectivity index is 1.33. The Morgan fingerprint density at radius 3 is 1.66 bits per heavy atom. The van der Waals surface area contributed by atoms with E-state index in [-0.39, 0.29) is 0 Å². The number of rotatable bonds is 4. The maximum Gasteiger partial charge on any atom is 0.0619 e. The van der Waals surface area contributed by atoms with E-state index in [4.69, 9.17) is 0 Å². The van der Waals surface area contributed by atoms with Crippen molar-refractivity contribution in [2.24, 2.45) is 0 Å². The summed E-state index contributed by atoms with van der Waals surface area (Å²) in [5.41, 5.74) is 12.0. The number of hydrogen-bond donors (Lipinski definition) is 0. The molecule has 0 radical (unpaired) electrons. The van der Waals surface area contributed by atoms with Crippen molar-refractivity contribution in [3.05, 3.63) is 170 Å². The van der Waals surface area contributed by atoms with E-state index >= 15 is 0 Å². The highest BCUT2D eigenvalue weighted by Crippen LogP contribution is 2.40. The Morgan fingerprint density at radius 1 is 0.295 bits per heavy atom. The van der Waals surface area contributed by atoms with Gasteiger partial charge in [0, 0.05) is 38.5 Å². The summed E-state index contributed by atoms with van der Waals surface area (Å²) < 4.78 is 4.84. The van der Waals surface area contributed by atoms with Gasteiger partial charge in [-0.15, -0.1) is 0 Å². The van der Waals surface area contributed by atoms with Gasteiger partial charge in [-0.1, -0.05) is 127 Å². The zero-order chi connectivity index (χ0) is 29.0. The summed E-state index contributed by atoms with van der Waals surface area (Å²) in [4.78, 5) is 0. The minimum absolute atomic E-state index is 1.16. The van der Waals surface area contributed by atoms with Crippen LogP contribution in [-0.4, -0.2) is 9.13 Å². The van der Waals surface area contributed by atoms with Gasteiger partial charge in [-0.3, -0.25) is 0 Å². The van der Waals surface area contributed by atoms with Crippen molar-refractivity contribution in [3.8, 4) is 33.6 Å². The standard InChI is InChI=1S/C42H28N2/c1-3-13-29(14-4-1)30-15-11-18-33(27-30)43-39-23-9-7-19-35(39)37-26-25-31(28-41(37)43)34-21-12-22-38-36-20-8-10-24-40(36)44(42(34)38)32-16-5-2-6-17-32/h1-28H. The highest BCUT2D eigenvalue weighted by Gasteiger charge is 2.18. The average molecular weight is 561 g/mol. The molecule has 206 valence electrons. The molecule has 0 N–H and O–H groups in total. The van der Waals surface area contributed by atoms with Crippen LogP contribution in [0.15, 0.2) is 170 Å². The van der Waals surface area contributed by atoms with Gasteiger partial charge < -0.3 is 9.13 Å². The minimum Gasteiger partial charge on any atom is -0.309 e. The van der Waals surface area contributed by atoms with Gasteiger partial charge in [0.05, 0.1) is 22.1 Å². The van der Waals surface area contributed by atoms with Gasteiger partial charge in [0.15, 0.2) is 0 Å². The summed E-state index contributed by atoms with van der Waals surface area (Å²) in [5.74, 6) is 0. The van der Waals surface area contributed by atoms with Crippen LogP contribution in [0.5, 0.6) is 0 Å². The van der Waals surface area contributed by atoms with Crippen LogP contribution in [0, 0.1) is 0 Å². The van der Waals surface area contributed by atoms with Crippen molar-refractivity contribution < 1.29 is 0 Å². The summed E-state index contributed by atoms with van der Waals surface area (Å²) in [6.07, 6.45) is 0. The predicted octanol–water partition coefficient (Wildman–Crippen LogP) is 11.2. The van der Waals surface area contributed by atoms with Gasteiger partial charge in [-0.05, 0) is 59.2 Å². The lowest BCUT2D eigenvalue weighted by atomic mass is 10.00. The molecule has 0 aliphatic rings. The minimum atomic E-state index is 1.16. The van der Waals surface area contributed by atoms with E-state index in [1.165, 1.54) is 71.6 Å². The van der Waals surface area contributed by atoms with E-state index in [0.717, 1.165) is 5.69 Å². The molecule has 0 aliphatic heterocycles. The number of fused-ring (bicyclic) bond motifs is 6. The number of aromatic nitrogens is 2. The average Bonchev–Trinajstić information content (AvgIpc) is 3.62. The molecular weight excluding hydrogens is 532 g/mol. The molecular formula is C42H28N2. The van der Waals surface area contributed by atoms with E-state index in [9.17, 15) is 0 Å². The number of benzene rings is 7. The maximum atomic E-state index is 2.42. The Kier molecular flexibility index (Phi) is 5.54. The summed E-state index contributed by atoms with van der Waals surface area (Å²) >= 11 is 0. The predicted molar refractivity (Wildman–Crippen MR) is 186 cm³/mol. The van der Waals surface area contributed by atoms with Crippen LogP contribution in [0.2, 0.25) is 0 Å². The van der Waals surface area contributed by atoms with Crippen LogP contribution in [0.1, 0.15) is 0 Å². The molecule has 0 unspecified atom stereocenters. The van der Waals surface area contributed by atoms with E-state index in [1.807, 2.05) is 0 Å². The zero-order valence-electron chi connectivity index (χ0n) is 24.1. The molecule has 0 saturated carbocycles. The first kappa shape index (κ1) is 24.7. The van der Waals surface area contributed by atoms with Gasteiger partial charge in [0.2, 0.25) is 0 Å². The second-order valence-electron chi connectivity index (χ2n) is 11.4. The Labute approximate surface area is 255 Å². The first-order valence-corrected chi connectivity index (χ1v) is 15.1. The Morgan fingerprint density at radius 2 is 0.864 bits per heavy atom. The van der Waals surface area contributed by atoms with Crippen molar-refractivity contribution in [1.82, 2.24) is 9.13 Å². The van der Waals surface area contributed by atoms with Crippen LogP contribution in [0.25, 0.3) is 77.2 Å². The van der Waals surface area contributed by atoms with E-state index in [2.05, 4.69) is 179 Å². The van der Waals surface area contributed by atoms with Crippen LogP contribution in [0.4, 0.5) is 0 Å². The molecule has 0 amide bonds. The van der Waals surface area contributed by atoms with Crippen molar-refractivity contribution in [1.29, 1.82) is 0 Å². The molecule has 0 saturated heterocycles. The van der Waals surface area contributed by atoms with Crippen molar-refractivity contribution >= 4 is 43.6 Å². The maximum absolute atomic E-state index is 2.42. The third-order valence-corrected chi connectivity index (χ3v) is 8.91. The smallest absolute Gasteiger partial charge is 0.0619 e. The highest BCUT2D eigenvalue weighted by molar-refractivity contribution is 6.15. The molecule has 2 heterocycles. The third kappa shape index (κ3) is 3.75. The molecule has 2 nitrogen and oxygen atoms in total. The second kappa shape index (κ2) is 9.86. The van der Waals surface area contributed by atoms with E-state index in [0.29, 0.717) is 0 Å². The molecule has 0 atom stereocenters. The summed E-state index contributed by atoms with van der Waals surface area (Å²) in [7, 11) is 0. The van der Waals surface area contributed by atoms with Gasteiger partial charge >= 0.3 is 0 Å². The lowest BCUT2D eigenvalue weighted by Gasteiger charge is -2.13. The second-order valence-corrected chi connectivity index (χ2v) is 11.4. The lowest BCUT2D eigenvalue weighted by Crippen LogP contribution is -1.96.